The number of benzene rings is 2. The predicted octanol–water partition coefficient (Wildman–Crippen LogP) is 10.2. The van der Waals surface area contributed by atoms with Crippen LogP contribution in [0.5, 0.6) is 0 Å². The van der Waals surface area contributed by atoms with Gasteiger partial charge >= 0.3 is 0 Å². The highest BCUT2D eigenvalue weighted by molar-refractivity contribution is 7.14. The minimum Gasteiger partial charge on any atom is -0.342 e. The second kappa shape index (κ2) is 13.3. The fraction of sp³-hybridized carbons (Fsp3) is 0.462. The maximum absolute atomic E-state index is 14.9. The Morgan fingerprint density at radius 1 is 0.723 bits per heavy atom. The Hall–Kier alpha value is -3.33. The summed E-state index contributed by atoms with van der Waals surface area (Å²) in [5.41, 5.74) is 4.17. The number of nitrogens with zero attached hydrogens (tertiary/aromatic N) is 2. The zero-order chi connectivity index (χ0) is 32.8. The number of epoxide rings is 1. The quantitative estimate of drug-likeness (QED) is 0.0991. The van der Waals surface area contributed by atoms with Crippen molar-refractivity contribution in [1.29, 1.82) is 0 Å². The largest absolute Gasteiger partial charge is 0.342 e. The van der Waals surface area contributed by atoms with Crippen molar-refractivity contribution >= 4 is 51.2 Å². The first-order chi connectivity index (χ1) is 22.9. The number of ether oxygens (including phenoxy) is 1. The van der Waals surface area contributed by atoms with Crippen LogP contribution in [0.2, 0.25) is 0 Å². The molecule has 47 heavy (non-hydrogen) atoms. The molecule has 2 aromatic heterocycles. The van der Waals surface area contributed by atoms with E-state index in [1.165, 1.54) is 4.90 Å². The van der Waals surface area contributed by atoms with Crippen molar-refractivity contribution in [3.63, 3.8) is 0 Å². The average molecular weight is 669 g/mol. The molecule has 1 fully saturated rings. The summed E-state index contributed by atoms with van der Waals surface area (Å²) in [7, 11) is 0. The van der Waals surface area contributed by atoms with E-state index in [1.54, 1.807) is 22.7 Å². The summed E-state index contributed by atoms with van der Waals surface area (Å²) in [6.07, 6.45) is 7.66. The fourth-order valence-electron chi connectivity index (χ4n) is 7.68. The van der Waals surface area contributed by atoms with Gasteiger partial charge in [0.25, 0.3) is 17.7 Å². The molecule has 4 aromatic rings. The summed E-state index contributed by atoms with van der Waals surface area (Å²) in [5, 5.41) is 5.38. The van der Waals surface area contributed by atoms with Crippen molar-refractivity contribution in [2.24, 2.45) is 11.8 Å². The summed E-state index contributed by atoms with van der Waals surface area (Å²) in [5.74, 6) is 0.0245. The lowest BCUT2D eigenvalue weighted by atomic mass is 9.82. The molecule has 1 saturated heterocycles. The summed E-state index contributed by atoms with van der Waals surface area (Å²) in [4.78, 5) is 49.6. The molecule has 0 bridgehead atoms. The molecule has 0 N–H and O–H groups in total. The van der Waals surface area contributed by atoms with Crippen LogP contribution >= 0.6 is 22.7 Å². The lowest BCUT2D eigenvalue weighted by Gasteiger charge is -2.33. The van der Waals surface area contributed by atoms with Gasteiger partial charge in [0.1, 0.15) is 6.10 Å². The van der Waals surface area contributed by atoms with Crippen molar-refractivity contribution in [3.8, 4) is 20.9 Å². The van der Waals surface area contributed by atoms with E-state index in [-0.39, 0.29) is 36.0 Å². The van der Waals surface area contributed by atoms with Crippen molar-refractivity contribution in [3.05, 3.63) is 69.4 Å². The van der Waals surface area contributed by atoms with E-state index in [2.05, 4.69) is 33.8 Å². The van der Waals surface area contributed by atoms with E-state index in [4.69, 9.17) is 4.74 Å². The van der Waals surface area contributed by atoms with Crippen molar-refractivity contribution in [1.82, 2.24) is 9.80 Å². The van der Waals surface area contributed by atoms with Gasteiger partial charge in [-0.05, 0) is 65.3 Å². The Balaban J connectivity index is 1.48. The normalized spacial score (nSPS) is 19.7. The number of amides is 3. The van der Waals surface area contributed by atoms with Crippen LogP contribution in [0.1, 0.15) is 122 Å². The molecule has 0 aliphatic carbocycles. The minimum absolute atomic E-state index is 0.0658. The Kier molecular flexibility index (Phi) is 9.11. The molecular formula is C39H44N2O4S2. The molecule has 3 amide bonds. The van der Waals surface area contributed by atoms with Crippen LogP contribution in [0.25, 0.3) is 31.7 Å². The summed E-state index contributed by atoms with van der Waals surface area (Å²) in [6, 6.07) is 12.1. The molecule has 3 aliphatic heterocycles. The van der Waals surface area contributed by atoms with Gasteiger partial charge < -0.3 is 9.64 Å². The van der Waals surface area contributed by atoms with Gasteiger partial charge in [-0.1, -0.05) is 78.4 Å². The molecule has 7 rings (SSSR count). The van der Waals surface area contributed by atoms with Gasteiger partial charge in [-0.3, -0.25) is 19.3 Å². The number of fused-ring (bicyclic) bond motifs is 2. The van der Waals surface area contributed by atoms with E-state index >= 15 is 0 Å². The smallest absolute Gasteiger partial charge is 0.262 e. The number of imide groups is 1. The van der Waals surface area contributed by atoms with Gasteiger partial charge in [0, 0.05) is 50.3 Å². The monoisotopic (exact) mass is 668 g/mol. The van der Waals surface area contributed by atoms with Crippen LogP contribution in [0.4, 0.5) is 0 Å². The Morgan fingerprint density at radius 2 is 1.32 bits per heavy atom. The topological polar surface area (TPSA) is 70.2 Å². The Labute approximate surface area is 285 Å². The predicted molar refractivity (Wildman–Crippen MR) is 191 cm³/mol. The number of carbonyl (C=O) groups excluding carboxylic acids is 3. The average Bonchev–Trinajstić information content (AvgIpc) is 3.42. The van der Waals surface area contributed by atoms with Crippen LogP contribution in [0.15, 0.2) is 47.2 Å². The first kappa shape index (κ1) is 32.2. The third-order valence-electron chi connectivity index (χ3n) is 10.5. The number of hydrogen-bond donors (Lipinski definition) is 0. The van der Waals surface area contributed by atoms with E-state index in [0.717, 1.165) is 83.2 Å². The number of hydrogen-bond acceptors (Lipinski definition) is 6. The zero-order valence-electron chi connectivity index (χ0n) is 27.8. The summed E-state index contributed by atoms with van der Waals surface area (Å²) in [6.45, 7) is 9.75. The van der Waals surface area contributed by atoms with E-state index < -0.39 is 0 Å². The van der Waals surface area contributed by atoms with Crippen molar-refractivity contribution in [2.75, 3.05) is 13.1 Å². The minimum atomic E-state index is -0.356. The number of unbranched alkanes of at least 4 members (excludes halogenated alkanes) is 2. The van der Waals surface area contributed by atoms with Crippen molar-refractivity contribution < 1.29 is 19.1 Å². The molecule has 3 aliphatic rings. The van der Waals surface area contributed by atoms with Gasteiger partial charge in [0.05, 0.1) is 11.1 Å². The highest BCUT2D eigenvalue weighted by Gasteiger charge is 2.53. The van der Waals surface area contributed by atoms with Crippen LogP contribution in [0, 0.1) is 11.8 Å². The van der Waals surface area contributed by atoms with Crippen LogP contribution < -0.4 is 0 Å². The van der Waals surface area contributed by atoms with E-state index in [0.29, 0.717) is 41.1 Å². The van der Waals surface area contributed by atoms with Crippen LogP contribution in [-0.2, 0) is 4.74 Å². The summed E-state index contributed by atoms with van der Waals surface area (Å²) >= 11 is 3.16. The van der Waals surface area contributed by atoms with Gasteiger partial charge in [-0.25, -0.2) is 0 Å². The van der Waals surface area contributed by atoms with Gasteiger partial charge in [0.2, 0.25) is 0 Å². The number of thiophene rings is 2. The van der Waals surface area contributed by atoms with Gasteiger partial charge in [-0.2, -0.15) is 0 Å². The molecule has 8 heteroatoms. The lowest BCUT2D eigenvalue weighted by Crippen LogP contribution is -2.43. The van der Waals surface area contributed by atoms with E-state index in [1.807, 2.05) is 46.0 Å². The van der Waals surface area contributed by atoms with Gasteiger partial charge in [0.15, 0.2) is 6.23 Å². The van der Waals surface area contributed by atoms with E-state index in [9.17, 15) is 14.4 Å². The SMILES string of the molecule is CCCCC(CC)CN1C(=O)c2cc(-c3cccs3)c3c4c(cc(-c5cccs5)c(c24)C1=O)C1OC1N(CC(CC)CCCC)C3=O. The third-order valence-corrected chi connectivity index (χ3v) is 12.3. The third kappa shape index (κ3) is 5.56. The first-order valence-corrected chi connectivity index (χ1v) is 19.2. The van der Waals surface area contributed by atoms with Crippen molar-refractivity contribution in [2.45, 2.75) is 91.4 Å². The number of carbonyl (C=O) groups is 3. The van der Waals surface area contributed by atoms with Gasteiger partial charge in [-0.15, -0.1) is 22.7 Å². The molecule has 246 valence electrons. The first-order valence-electron chi connectivity index (χ1n) is 17.5. The van der Waals surface area contributed by atoms with Crippen LogP contribution in [0.3, 0.4) is 0 Å². The maximum Gasteiger partial charge on any atom is 0.262 e. The molecule has 0 saturated carbocycles. The zero-order valence-corrected chi connectivity index (χ0v) is 29.5. The Bertz CT molecular complexity index is 1810. The lowest BCUT2D eigenvalue weighted by molar-refractivity contribution is 0.0576. The second-order valence-electron chi connectivity index (χ2n) is 13.4. The summed E-state index contributed by atoms with van der Waals surface area (Å²) < 4.78 is 6.38. The molecular weight excluding hydrogens is 625 g/mol. The highest BCUT2D eigenvalue weighted by atomic mass is 32.1. The molecule has 4 unspecified atom stereocenters. The Morgan fingerprint density at radius 3 is 1.89 bits per heavy atom. The molecule has 6 nitrogen and oxygen atoms in total. The maximum atomic E-state index is 14.9. The standard InChI is InChI=1S/C39H44N2O4S2/c1-5-9-13-23(7-3)21-40-36(42)28-20-26(30-16-12-18-47-30)33-31-27(19-25(29-15-11-17-46-29)34(32(28)31)37(40)43)35-39(45-35)41(38(33)44)22-24(8-4)14-10-6-2/h11-12,15-20,23-24,35,39H,5-10,13-14,21-22H2,1-4H3. The highest BCUT2D eigenvalue weighted by Crippen LogP contribution is 2.54. The molecule has 5 heterocycles. The molecule has 4 atom stereocenters. The number of rotatable bonds is 14. The molecule has 0 radical (unpaired) electrons. The fourth-order valence-corrected chi connectivity index (χ4v) is 9.18. The molecule has 2 aromatic carbocycles. The van der Waals surface area contributed by atoms with Crippen LogP contribution in [-0.4, -0.2) is 46.8 Å². The molecule has 0 spiro atoms. The second-order valence-corrected chi connectivity index (χ2v) is 15.3.